The number of amides is 1. The van der Waals surface area contributed by atoms with Crippen molar-refractivity contribution in [2.45, 2.75) is 26.8 Å². The predicted octanol–water partition coefficient (Wildman–Crippen LogP) is 2.71. The monoisotopic (exact) mass is 274 g/mol. The Morgan fingerprint density at radius 1 is 1.35 bits per heavy atom. The molecule has 0 saturated carbocycles. The van der Waals surface area contributed by atoms with Crippen LogP contribution in [0.3, 0.4) is 0 Å². The highest BCUT2D eigenvalue weighted by Crippen LogP contribution is 2.21. The van der Waals surface area contributed by atoms with Gasteiger partial charge in [0.05, 0.1) is 0 Å². The minimum absolute atomic E-state index is 0.00295. The van der Waals surface area contributed by atoms with E-state index in [1.165, 1.54) is 0 Å². The van der Waals surface area contributed by atoms with E-state index in [1.54, 1.807) is 16.8 Å². The fourth-order valence-electron chi connectivity index (χ4n) is 2.01. The molecule has 0 aliphatic carbocycles. The molecule has 0 aliphatic heterocycles. The number of nitrogens with zero attached hydrogens (tertiary/aromatic N) is 1. The lowest BCUT2D eigenvalue weighted by Gasteiger charge is -2.10. The number of aromatic nitrogens is 1. The summed E-state index contributed by atoms with van der Waals surface area (Å²) < 4.78 is 1.66. The van der Waals surface area contributed by atoms with Gasteiger partial charge in [-0.25, -0.2) is 0 Å². The van der Waals surface area contributed by atoms with Gasteiger partial charge in [0.1, 0.15) is 6.54 Å². The van der Waals surface area contributed by atoms with Crippen molar-refractivity contribution in [1.29, 1.82) is 0 Å². The van der Waals surface area contributed by atoms with E-state index in [4.69, 9.17) is 5.11 Å². The third-order valence-corrected chi connectivity index (χ3v) is 3.40. The number of anilines is 1. The van der Waals surface area contributed by atoms with E-state index >= 15 is 0 Å². The van der Waals surface area contributed by atoms with Crippen molar-refractivity contribution in [1.82, 2.24) is 4.57 Å². The van der Waals surface area contributed by atoms with Gasteiger partial charge in [0.15, 0.2) is 0 Å². The largest absolute Gasteiger partial charge is 0.480 e. The average Bonchev–Trinajstić information content (AvgIpc) is 2.79. The Labute approximate surface area is 117 Å². The van der Waals surface area contributed by atoms with Gasteiger partial charge < -0.3 is 15.0 Å². The molecule has 1 heterocycles. The molecular formula is C15H18N2O3. The van der Waals surface area contributed by atoms with Gasteiger partial charge in [-0.15, -0.1) is 0 Å². The van der Waals surface area contributed by atoms with E-state index in [0.717, 1.165) is 23.0 Å². The minimum atomic E-state index is -0.878. The molecule has 106 valence electrons. The first-order valence-electron chi connectivity index (χ1n) is 6.62. The number of fused-ring (bicyclic) bond motifs is 1. The number of carboxylic acid groups (broad SMARTS) is 1. The van der Waals surface area contributed by atoms with E-state index in [-0.39, 0.29) is 18.4 Å². The number of nitrogens with one attached hydrogen (secondary N) is 1. The topological polar surface area (TPSA) is 71.3 Å². The van der Waals surface area contributed by atoms with Crippen LogP contribution in [-0.2, 0) is 16.1 Å². The number of carbonyl (C=O) groups is 2. The van der Waals surface area contributed by atoms with Crippen LogP contribution in [0.4, 0.5) is 5.69 Å². The molecule has 0 saturated heterocycles. The molecule has 5 heteroatoms. The number of carboxylic acids is 1. The van der Waals surface area contributed by atoms with Gasteiger partial charge >= 0.3 is 5.97 Å². The molecule has 0 aliphatic rings. The van der Waals surface area contributed by atoms with Crippen LogP contribution in [0.1, 0.15) is 20.3 Å². The molecule has 2 rings (SSSR count). The summed E-state index contributed by atoms with van der Waals surface area (Å²) in [6.45, 7) is 3.79. The minimum Gasteiger partial charge on any atom is -0.480 e. The van der Waals surface area contributed by atoms with Gasteiger partial charge in [-0.3, -0.25) is 9.59 Å². The summed E-state index contributed by atoms with van der Waals surface area (Å²) in [4.78, 5) is 22.6. The molecule has 1 unspecified atom stereocenters. The zero-order valence-corrected chi connectivity index (χ0v) is 11.6. The fraction of sp³-hybridized carbons (Fsp3) is 0.333. The molecule has 0 fully saturated rings. The van der Waals surface area contributed by atoms with Crippen LogP contribution >= 0.6 is 0 Å². The average molecular weight is 274 g/mol. The van der Waals surface area contributed by atoms with Gasteiger partial charge in [-0.1, -0.05) is 13.8 Å². The molecule has 5 nitrogen and oxygen atoms in total. The number of benzene rings is 1. The third kappa shape index (κ3) is 2.99. The van der Waals surface area contributed by atoms with Crippen molar-refractivity contribution in [3.8, 4) is 0 Å². The summed E-state index contributed by atoms with van der Waals surface area (Å²) in [5, 5.41) is 12.6. The third-order valence-electron chi connectivity index (χ3n) is 3.40. The van der Waals surface area contributed by atoms with Gasteiger partial charge in [-0.2, -0.15) is 0 Å². The molecular weight excluding hydrogens is 256 g/mol. The quantitative estimate of drug-likeness (QED) is 0.880. The van der Waals surface area contributed by atoms with Crippen LogP contribution in [0.5, 0.6) is 0 Å². The molecule has 1 aromatic carbocycles. The van der Waals surface area contributed by atoms with Crippen molar-refractivity contribution in [3.05, 3.63) is 30.5 Å². The summed E-state index contributed by atoms with van der Waals surface area (Å²) >= 11 is 0. The molecule has 20 heavy (non-hydrogen) atoms. The highest BCUT2D eigenvalue weighted by Gasteiger charge is 2.11. The Bertz CT molecular complexity index is 646. The molecule has 1 amide bonds. The number of hydrogen-bond donors (Lipinski definition) is 2. The first-order chi connectivity index (χ1) is 9.51. The Morgan fingerprint density at radius 2 is 2.10 bits per heavy atom. The maximum Gasteiger partial charge on any atom is 0.323 e. The number of hydrogen-bond acceptors (Lipinski definition) is 2. The summed E-state index contributed by atoms with van der Waals surface area (Å²) in [5.74, 6) is -0.907. The van der Waals surface area contributed by atoms with E-state index in [1.807, 2.05) is 32.0 Å². The van der Waals surface area contributed by atoms with Gasteiger partial charge in [-0.05, 0) is 30.7 Å². The zero-order valence-electron chi connectivity index (χ0n) is 11.6. The van der Waals surface area contributed by atoms with Crippen LogP contribution in [0.15, 0.2) is 30.5 Å². The van der Waals surface area contributed by atoms with Crippen molar-refractivity contribution in [3.63, 3.8) is 0 Å². The highest BCUT2D eigenvalue weighted by molar-refractivity contribution is 5.95. The first kappa shape index (κ1) is 14.1. The lowest BCUT2D eigenvalue weighted by Crippen LogP contribution is -2.19. The lowest BCUT2D eigenvalue weighted by molar-refractivity contribution is -0.137. The summed E-state index contributed by atoms with van der Waals surface area (Å²) in [5.41, 5.74) is 1.57. The maximum absolute atomic E-state index is 11.8. The molecule has 0 spiro atoms. The van der Waals surface area contributed by atoms with Gasteiger partial charge in [0.2, 0.25) is 5.91 Å². The van der Waals surface area contributed by atoms with E-state index in [9.17, 15) is 9.59 Å². The fourth-order valence-corrected chi connectivity index (χ4v) is 2.01. The van der Waals surface area contributed by atoms with Crippen molar-refractivity contribution in [2.24, 2.45) is 5.92 Å². The Morgan fingerprint density at radius 3 is 2.75 bits per heavy atom. The molecule has 1 atom stereocenters. The first-order valence-corrected chi connectivity index (χ1v) is 6.62. The van der Waals surface area contributed by atoms with Crippen LogP contribution in [0.2, 0.25) is 0 Å². The summed E-state index contributed by atoms with van der Waals surface area (Å²) in [6.07, 6.45) is 2.53. The van der Waals surface area contributed by atoms with Gasteiger partial charge in [0, 0.05) is 28.7 Å². The second-order valence-electron chi connectivity index (χ2n) is 4.91. The van der Waals surface area contributed by atoms with Crippen LogP contribution in [0.25, 0.3) is 10.9 Å². The van der Waals surface area contributed by atoms with Crippen LogP contribution in [0, 0.1) is 5.92 Å². The van der Waals surface area contributed by atoms with E-state index in [0.29, 0.717) is 0 Å². The SMILES string of the molecule is CCC(C)C(=O)Nc1ccc2c(ccn2CC(=O)O)c1. The normalized spacial score (nSPS) is 12.3. The number of aliphatic carboxylic acids is 1. The molecule has 2 N–H and O–H groups in total. The van der Waals surface area contributed by atoms with Crippen molar-refractivity contribution >= 4 is 28.5 Å². The Balaban J connectivity index is 2.22. The Hall–Kier alpha value is -2.30. The van der Waals surface area contributed by atoms with Crippen molar-refractivity contribution < 1.29 is 14.7 Å². The van der Waals surface area contributed by atoms with E-state index < -0.39 is 5.97 Å². The Kier molecular flexibility index (Phi) is 4.08. The molecule has 1 aromatic heterocycles. The second kappa shape index (κ2) is 5.77. The molecule has 0 bridgehead atoms. The van der Waals surface area contributed by atoms with Crippen LogP contribution < -0.4 is 5.32 Å². The number of rotatable bonds is 5. The second-order valence-corrected chi connectivity index (χ2v) is 4.91. The van der Waals surface area contributed by atoms with Gasteiger partial charge in [0.25, 0.3) is 0 Å². The smallest absolute Gasteiger partial charge is 0.323 e. The molecule has 2 aromatic rings. The lowest BCUT2D eigenvalue weighted by atomic mass is 10.1. The standard InChI is InChI=1S/C15H18N2O3/c1-3-10(2)15(20)16-12-4-5-13-11(8-12)6-7-17(13)9-14(18)19/h4-8,10H,3,9H2,1-2H3,(H,16,20)(H,18,19). The summed E-state index contributed by atoms with van der Waals surface area (Å²) in [7, 11) is 0. The predicted molar refractivity (Wildman–Crippen MR) is 77.7 cm³/mol. The number of carbonyl (C=O) groups excluding carboxylic acids is 1. The maximum atomic E-state index is 11.8. The van der Waals surface area contributed by atoms with E-state index in [2.05, 4.69) is 5.32 Å². The van der Waals surface area contributed by atoms with Crippen molar-refractivity contribution in [2.75, 3.05) is 5.32 Å². The molecule has 0 radical (unpaired) electrons. The zero-order chi connectivity index (χ0) is 14.7. The summed E-state index contributed by atoms with van der Waals surface area (Å²) in [6, 6.07) is 7.32. The highest BCUT2D eigenvalue weighted by atomic mass is 16.4. The van der Waals surface area contributed by atoms with Crippen LogP contribution in [-0.4, -0.2) is 21.6 Å².